The first kappa shape index (κ1) is 11.5. The van der Waals surface area contributed by atoms with Crippen LogP contribution in [0.5, 0.6) is 0 Å². The first-order valence-electron chi connectivity index (χ1n) is 5.43. The zero-order valence-electron chi connectivity index (χ0n) is 8.96. The maximum absolute atomic E-state index is 13.7. The van der Waals surface area contributed by atoms with Crippen molar-refractivity contribution in [2.24, 2.45) is 0 Å². The van der Waals surface area contributed by atoms with Crippen LogP contribution in [0.4, 0.5) is 8.78 Å². The molecule has 1 aliphatic heterocycles. The van der Waals surface area contributed by atoms with Crippen molar-refractivity contribution in [3.8, 4) is 0 Å². The van der Waals surface area contributed by atoms with Crippen LogP contribution in [-0.2, 0) is 10.7 Å². The molecule has 1 aromatic rings. The fourth-order valence-corrected chi connectivity index (χ4v) is 1.75. The van der Waals surface area contributed by atoms with E-state index in [0.717, 1.165) is 6.42 Å². The van der Waals surface area contributed by atoms with E-state index in [4.69, 9.17) is 4.74 Å². The van der Waals surface area contributed by atoms with Crippen LogP contribution in [0.3, 0.4) is 0 Å². The smallest absolute Gasteiger partial charge is 0.285 e. The number of halogens is 2. The van der Waals surface area contributed by atoms with Gasteiger partial charge in [0, 0.05) is 18.2 Å². The van der Waals surface area contributed by atoms with Crippen LogP contribution < -0.4 is 5.32 Å². The van der Waals surface area contributed by atoms with Crippen molar-refractivity contribution in [2.45, 2.75) is 18.4 Å². The van der Waals surface area contributed by atoms with Gasteiger partial charge in [0.1, 0.15) is 0 Å². The highest BCUT2D eigenvalue weighted by molar-refractivity contribution is 5.20. The van der Waals surface area contributed by atoms with E-state index in [0.29, 0.717) is 13.2 Å². The molecule has 16 heavy (non-hydrogen) atoms. The zero-order valence-corrected chi connectivity index (χ0v) is 8.96. The quantitative estimate of drug-likeness (QED) is 0.851. The van der Waals surface area contributed by atoms with Crippen LogP contribution in [0, 0.1) is 0 Å². The van der Waals surface area contributed by atoms with Gasteiger partial charge in [-0.25, -0.2) is 0 Å². The van der Waals surface area contributed by atoms with Crippen molar-refractivity contribution < 1.29 is 13.5 Å². The van der Waals surface area contributed by atoms with Crippen LogP contribution in [-0.4, -0.2) is 25.8 Å². The molecule has 0 amide bonds. The highest BCUT2D eigenvalue weighted by Crippen LogP contribution is 2.26. The Morgan fingerprint density at radius 2 is 2.06 bits per heavy atom. The molecule has 1 atom stereocenters. The second-order valence-corrected chi connectivity index (χ2v) is 4.01. The molecule has 0 saturated carbocycles. The second kappa shape index (κ2) is 4.89. The number of benzene rings is 1. The molecule has 2 rings (SSSR count). The summed E-state index contributed by atoms with van der Waals surface area (Å²) >= 11 is 0. The molecule has 4 heteroatoms. The third-order valence-corrected chi connectivity index (χ3v) is 2.74. The third-order valence-electron chi connectivity index (χ3n) is 2.74. The zero-order chi connectivity index (χ0) is 11.4. The molecule has 0 bridgehead atoms. The summed E-state index contributed by atoms with van der Waals surface area (Å²) in [4.78, 5) is 0. The molecule has 1 saturated heterocycles. The lowest BCUT2D eigenvalue weighted by atomic mass is 10.1. The number of ether oxygens (including phenoxy) is 1. The van der Waals surface area contributed by atoms with E-state index >= 15 is 0 Å². The Balaban J connectivity index is 1.92. The number of nitrogens with one attached hydrogen (secondary N) is 1. The monoisotopic (exact) mass is 227 g/mol. The van der Waals surface area contributed by atoms with Gasteiger partial charge in [-0.2, -0.15) is 8.78 Å². The highest BCUT2D eigenvalue weighted by atomic mass is 19.3. The van der Waals surface area contributed by atoms with Crippen molar-refractivity contribution in [1.82, 2.24) is 5.32 Å². The summed E-state index contributed by atoms with van der Waals surface area (Å²) < 4.78 is 32.5. The van der Waals surface area contributed by atoms with Crippen molar-refractivity contribution >= 4 is 0 Å². The van der Waals surface area contributed by atoms with E-state index in [1.807, 2.05) is 0 Å². The molecular weight excluding hydrogens is 212 g/mol. The van der Waals surface area contributed by atoms with Crippen molar-refractivity contribution in [2.75, 3.05) is 19.8 Å². The average molecular weight is 227 g/mol. The van der Waals surface area contributed by atoms with E-state index in [1.54, 1.807) is 18.2 Å². The molecule has 1 aliphatic rings. The third kappa shape index (κ3) is 2.77. The van der Waals surface area contributed by atoms with E-state index in [9.17, 15) is 8.78 Å². The van der Waals surface area contributed by atoms with Gasteiger partial charge in [-0.3, -0.25) is 0 Å². The number of rotatable bonds is 4. The molecular formula is C12H15F2NO. The number of alkyl halides is 2. The lowest BCUT2D eigenvalue weighted by Crippen LogP contribution is -2.38. The Kier molecular flexibility index (Phi) is 3.51. The average Bonchev–Trinajstić information content (AvgIpc) is 2.81. The minimum Gasteiger partial charge on any atom is -0.380 e. The normalized spacial score (nSPS) is 21.2. The van der Waals surface area contributed by atoms with Crippen LogP contribution in [0.25, 0.3) is 0 Å². The number of hydrogen-bond donors (Lipinski definition) is 1. The van der Waals surface area contributed by atoms with Gasteiger partial charge in [0.25, 0.3) is 5.92 Å². The highest BCUT2D eigenvalue weighted by Gasteiger charge is 2.32. The number of hydrogen-bond acceptors (Lipinski definition) is 2. The molecule has 0 aromatic heterocycles. The van der Waals surface area contributed by atoms with Gasteiger partial charge in [0.2, 0.25) is 0 Å². The Morgan fingerprint density at radius 3 is 2.69 bits per heavy atom. The minimum absolute atomic E-state index is 0.0569. The van der Waals surface area contributed by atoms with Crippen LogP contribution in [0.2, 0.25) is 0 Å². The molecule has 88 valence electrons. The summed E-state index contributed by atoms with van der Waals surface area (Å²) in [5, 5.41) is 2.85. The predicted octanol–water partition coefficient (Wildman–Crippen LogP) is 2.16. The summed E-state index contributed by atoms with van der Waals surface area (Å²) in [5.41, 5.74) is 0.0569. The summed E-state index contributed by atoms with van der Waals surface area (Å²) in [7, 11) is 0. The first-order valence-corrected chi connectivity index (χ1v) is 5.43. The fraction of sp³-hybridized carbons (Fsp3) is 0.500. The van der Waals surface area contributed by atoms with Crippen molar-refractivity contribution in [3.05, 3.63) is 35.9 Å². The van der Waals surface area contributed by atoms with Crippen LogP contribution in [0.15, 0.2) is 30.3 Å². The molecule has 1 heterocycles. The van der Waals surface area contributed by atoms with Crippen molar-refractivity contribution in [3.63, 3.8) is 0 Å². The largest absolute Gasteiger partial charge is 0.380 e. The Bertz CT molecular complexity index is 323. The Morgan fingerprint density at radius 1 is 1.31 bits per heavy atom. The Labute approximate surface area is 93.6 Å². The molecule has 0 radical (unpaired) electrons. The standard InChI is InChI=1S/C12H15F2NO/c13-12(14,10-4-2-1-3-5-10)9-15-11-6-7-16-8-11/h1-5,11,15H,6-9H2. The lowest BCUT2D eigenvalue weighted by Gasteiger charge is -2.19. The van der Waals surface area contributed by atoms with Gasteiger partial charge >= 0.3 is 0 Å². The van der Waals surface area contributed by atoms with Crippen LogP contribution >= 0.6 is 0 Å². The van der Waals surface area contributed by atoms with E-state index in [1.165, 1.54) is 12.1 Å². The maximum atomic E-state index is 13.7. The van der Waals surface area contributed by atoms with Crippen molar-refractivity contribution in [1.29, 1.82) is 0 Å². The van der Waals surface area contributed by atoms with Gasteiger partial charge in [-0.1, -0.05) is 30.3 Å². The Hall–Kier alpha value is -1.00. The lowest BCUT2D eigenvalue weighted by molar-refractivity contribution is -0.00595. The maximum Gasteiger partial charge on any atom is 0.285 e. The van der Waals surface area contributed by atoms with E-state index in [2.05, 4.69) is 5.32 Å². The molecule has 0 spiro atoms. The first-order chi connectivity index (χ1) is 7.68. The SMILES string of the molecule is FC(F)(CNC1CCOC1)c1ccccc1. The van der Waals surface area contributed by atoms with Gasteiger partial charge in [0.15, 0.2) is 0 Å². The van der Waals surface area contributed by atoms with E-state index < -0.39 is 5.92 Å². The molecule has 2 nitrogen and oxygen atoms in total. The molecule has 1 fully saturated rings. The van der Waals surface area contributed by atoms with E-state index in [-0.39, 0.29) is 18.2 Å². The molecule has 0 aliphatic carbocycles. The minimum atomic E-state index is -2.82. The van der Waals surface area contributed by atoms with Gasteiger partial charge in [-0.15, -0.1) is 0 Å². The summed E-state index contributed by atoms with van der Waals surface area (Å²) in [5.74, 6) is -2.82. The van der Waals surface area contributed by atoms with Gasteiger partial charge in [-0.05, 0) is 6.42 Å². The molecule has 1 unspecified atom stereocenters. The summed E-state index contributed by atoms with van der Waals surface area (Å²) in [6.45, 7) is 0.866. The fourth-order valence-electron chi connectivity index (χ4n) is 1.75. The summed E-state index contributed by atoms with van der Waals surface area (Å²) in [6.07, 6.45) is 0.810. The molecule has 1 N–H and O–H groups in total. The summed E-state index contributed by atoms with van der Waals surface area (Å²) in [6, 6.07) is 7.95. The second-order valence-electron chi connectivity index (χ2n) is 4.01. The van der Waals surface area contributed by atoms with Crippen LogP contribution in [0.1, 0.15) is 12.0 Å². The molecule has 1 aromatic carbocycles. The van der Waals surface area contributed by atoms with Gasteiger partial charge < -0.3 is 10.1 Å². The predicted molar refractivity (Wildman–Crippen MR) is 57.6 cm³/mol. The van der Waals surface area contributed by atoms with Gasteiger partial charge in [0.05, 0.1) is 13.2 Å². The topological polar surface area (TPSA) is 21.3 Å².